The molecule has 0 saturated heterocycles. The average Bonchev–Trinajstić information content (AvgIpc) is 3.07. The fourth-order valence-corrected chi connectivity index (χ4v) is 2.92. The monoisotopic (exact) mass is 353 g/mol. The predicted octanol–water partition coefficient (Wildman–Crippen LogP) is 4.04. The normalized spacial score (nSPS) is 11.6. The molecule has 0 aliphatic carbocycles. The minimum Gasteiger partial charge on any atom is -0.431 e. The second kappa shape index (κ2) is 8.48. The van der Waals surface area contributed by atoms with Gasteiger partial charge in [-0.2, -0.15) is 5.10 Å². The summed E-state index contributed by atoms with van der Waals surface area (Å²) in [5.74, 6) is 0.0322. The lowest BCUT2D eigenvalue weighted by Gasteiger charge is -2.05. The molecule has 1 heterocycles. The first-order valence-electron chi connectivity index (χ1n) is 8.11. The van der Waals surface area contributed by atoms with Crippen LogP contribution in [0.4, 0.5) is 0 Å². The van der Waals surface area contributed by atoms with E-state index < -0.39 is 0 Å². The summed E-state index contributed by atoms with van der Waals surface area (Å²) in [4.78, 5) is 16.3. The van der Waals surface area contributed by atoms with Gasteiger partial charge in [0.05, 0.1) is 5.75 Å². The number of nitrogens with zero attached hydrogens (tertiary/aromatic N) is 2. The SMILES string of the molecule is CCC(Cc1ccccc1)=NNC(=O)CSc1nc2ccccc2o1. The Bertz CT molecular complexity index is 842. The molecular formula is C19H19N3O2S. The molecule has 0 aliphatic heterocycles. The van der Waals surface area contributed by atoms with Gasteiger partial charge in [-0.1, -0.05) is 61.2 Å². The zero-order chi connectivity index (χ0) is 17.5. The van der Waals surface area contributed by atoms with E-state index in [-0.39, 0.29) is 11.7 Å². The Kier molecular flexibility index (Phi) is 5.85. The Morgan fingerprint density at radius 3 is 2.68 bits per heavy atom. The standard InChI is InChI=1S/C19H19N3O2S/c1-2-15(12-14-8-4-3-5-9-14)21-22-18(23)13-25-19-20-16-10-6-7-11-17(16)24-19/h3-11H,2,12-13H2,1H3,(H,22,23). The van der Waals surface area contributed by atoms with E-state index in [2.05, 4.69) is 27.6 Å². The number of benzene rings is 2. The van der Waals surface area contributed by atoms with Crippen molar-refractivity contribution in [1.29, 1.82) is 0 Å². The summed E-state index contributed by atoms with van der Waals surface area (Å²) in [5.41, 5.74) is 6.25. The summed E-state index contributed by atoms with van der Waals surface area (Å²) < 4.78 is 5.58. The number of carbonyl (C=O) groups is 1. The Balaban J connectivity index is 1.52. The van der Waals surface area contributed by atoms with E-state index in [9.17, 15) is 4.79 Å². The van der Waals surface area contributed by atoms with Crippen molar-refractivity contribution < 1.29 is 9.21 Å². The van der Waals surface area contributed by atoms with Crippen LogP contribution in [0.15, 0.2) is 69.3 Å². The van der Waals surface area contributed by atoms with Gasteiger partial charge >= 0.3 is 0 Å². The summed E-state index contributed by atoms with van der Waals surface area (Å²) in [7, 11) is 0. The number of rotatable bonds is 7. The molecule has 0 radical (unpaired) electrons. The van der Waals surface area contributed by atoms with Gasteiger partial charge in [0.25, 0.3) is 11.1 Å². The molecule has 2 aromatic carbocycles. The van der Waals surface area contributed by atoms with Crippen molar-refractivity contribution in [2.75, 3.05) is 5.75 Å². The molecule has 3 aromatic rings. The smallest absolute Gasteiger partial charge is 0.257 e. The molecule has 1 amide bonds. The Hall–Kier alpha value is -2.60. The van der Waals surface area contributed by atoms with Gasteiger partial charge in [0.15, 0.2) is 5.58 Å². The molecule has 0 atom stereocenters. The lowest BCUT2D eigenvalue weighted by atomic mass is 10.1. The number of amides is 1. The highest BCUT2D eigenvalue weighted by Crippen LogP contribution is 2.22. The molecule has 0 aliphatic rings. The van der Waals surface area contributed by atoms with E-state index in [0.29, 0.717) is 5.22 Å². The predicted molar refractivity (Wildman–Crippen MR) is 101 cm³/mol. The summed E-state index contributed by atoms with van der Waals surface area (Å²) in [6.45, 7) is 2.03. The van der Waals surface area contributed by atoms with Gasteiger partial charge in [-0.3, -0.25) is 4.79 Å². The van der Waals surface area contributed by atoms with Gasteiger partial charge < -0.3 is 4.42 Å². The minimum atomic E-state index is -0.175. The van der Waals surface area contributed by atoms with Gasteiger partial charge in [0.2, 0.25) is 0 Å². The van der Waals surface area contributed by atoms with Crippen LogP contribution in [-0.4, -0.2) is 22.4 Å². The molecule has 128 valence electrons. The van der Waals surface area contributed by atoms with Crippen LogP contribution in [0.3, 0.4) is 0 Å². The largest absolute Gasteiger partial charge is 0.431 e. The van der Waals surface area contributed by atoms with E-state index in [4.69, 9.17) is 4.42 Å². The average molecular weight is 353 g/mol. The van der Waals surface area contributed by atoms with Gasteiger partial charge in [-0.15, -0.1) is 0 Å². The van der Waals surface area contributed by atoms with Crippen LogP contribution < -0.4 is 5.43 Å². The molecule has 25 heavy (non-hydrogen) atoms. The number of para-hydroxylation sites is 2. The van der Waals surface area contributed by atoms with Crippen molar-refractivity contribution in [3.8, 4) is 0 Å². The number of nitrogens with one attached hydrogen (secondary N) is 1. The van der Waals surface area contributed by atoms with Crippen molar-refractivity contribution in [2.45, 2.75) is 25.0 Å². The topological polar surface area (TPSA) is 67.5 Å². The highest BCUT2D eigenvalue weighted by atomic mass is 32.2. The molecule has 0 bridgehead atoms. The van der Waals surface area contributed by atoms with E-state index in [1.54, 1.807) is 0 Å². The molecule has 0 fully saturated rings. The number of fused-ring (bicyclic) bond motifs is 1. The van der Waals surface area contributed by atoms with Crippen LogP contribution in [0.5, 0.6) is 0 Å². The van der Waals surface area contributed by atoms with Crippen LogP contribution in [-0.2, 0) is 11.2 Å². The maximum Gasteiger partial charge on any atom is 0.257 e. The van der Waals surface area contributed by atoms with Crippen molar-refractivity contribution in [3.63, 3.8) is 0 Å². The van der Waals surface area contributed by atoms with Crippen LogP contribution in [0, 0.1) is 0 Å². The Labute approximate surface area is 150 Å². The number of thioether (sulfide) groups is 1. The van der Waals surface area contributed by atoms with E-state index in [1.165, 1.54) is 17.3 Å². The van der Waals surface area contributed by atoms with E-state index >= 15 is 0 Å². The van der Waals surface area contributed by atoms with Crippen LogP contribution in [0.1, 0.15) is 18.9 Å². The fourth-order valence-electron chi connectivity index (χ4n) is 2.29. The third kappa shape index (κ3) is 4.93. The highest BCUT2D eigenvalue weighted by Gasteiger charge is 2.09. The summed E-state index contributed by atoms with van der Waals surface area (Å²) in [6, 6.07) is 17.6. The third-order valence-corrected chi connectivity index (χ3v) is 4.43. The Morgan fingerprint density at radius 2 is 1.92 bits per heavy atom. The number of oxazole rings is 1. The quantitative estimate of drug-likeness (QED) is 0.395. The number of carbonyl (C=O) groups excluding carboxylic acids is 1. The molecule has 1 aromatic heterocycles. The summed E-state index contributed by atoms with van der Waals surface area (Å²) in [5, 5.41) is 4.73. The first kappa shape index (κ1) is 17.2. The molecular weight excluding hydrogens is 334 g/mol. The van der Waals surface area contributed by atoms with Crippen LogP contribution >= 0.6 is 11.8 Å². The summed E-state index contributed by atoms with van der Waals surface area (Å²) >= 11 is 1.26. The zero-order valence-electron chi connectivity index (χ0n) is 13.9. The molecule has 1 N–H and O–H groups in total. The lowest BCUT2D eigenvalue weighted by molar-refractivity contribution is -0.118. The first-order chi connectivity index (χ1) is 12.2. The van der Waals surface area contributed by atoms with Crippen molar-refractivity contribution >= 4 is 34.5 Å². The number of aromatic nitrogens is 1. The van der Waals surface area contributed by atoms with Crippen molar-refractivity contribution in [1.82, 2.24) is 10.4 Å². The van der Waals surface area contributed by atoms with Gasteiger partial charge in [0, 0.05) is 12.1 Å². The molecule has 0 unspecified atom stereocenters. The highest BCUT2D eigenvalue weighted by molar-refractivity contribution is 7.99. The minimum absolute atomic E-state index is 0.175. The molecule has 3 rings (SSSR count). The number of hydrogen-bond donors (Lipinski definition) is 1. The number of hydrogen-bond acceptors (Lipinski definition) is 5. The van der Waals surface area contributed by atoms with Crippen LogP contribution in [0.2, 0.25) is 0 Å². The maximum absolute atomic E-state index is 12.0. The molecule has 0 spiro atoms. The lowest BCUT2D eigenvalue weighted by Crippen LogP contribution is -2.22. The molecule has 0 saturated carbocycles. The zero-order valence-corrected chi connectivity index (χ0v) is 14.8. The fraction of sp³-hybridized carbons (Fsp3) is 0.211. The second-order valence-corrected chi connectivity index (χ2v) is 6.39. The van der Waals surface area contributed by atoms with Gasteiger partial charge in [0.1, 0.15) is 5.52 Å². The van der Waals surface area contributed by atoms with Crippen molar-refractivity contribution in [2.24, 2.45) is 5.10 Å². The van der Waals surface area contributed by atoms with Gasteiger partial charge in [-0.05, 0) is 24.1 Å². The number of hydrazone groups is 1. The van der Waals surface area contributed by atoms with E-state index in [0.717, 1.165) is 29.7 Å². The summed E-state index contributed by atoms with van der Waals surface area (Å²) in [6.07, 6.45) is 1.52. The van der Waals surface area contributed by atoms with Gasteiger partial charge in [-0.25, -0.2) is 10.4 Å². The molecule has 5 nitrogen and oxygen atoms in total. The maximum atomic E-state index is 12.0. The van der Waals surface area contributed by atoms with Crippen molar-refractivity contribution in [3.05, 3.63) is 60.2 Å². The first-order valence-corrected chi connectivity index (χ1v) is 9.09. The Morgan fingerprint density at radius 1 is 1.16 bits per heavy atom. The third-order valence-electron chi connectivity index (χ3n) is 3.60. The second-order valence-electron chi connectivity index (χ2n) is 5.47. The van der Waals surface area contributed by atoms with Crippen LogP contribution in [0.25, 0.3) is 11.1 Å². The van der Waals surface area contributed by atoms with E-state index in [1.807, 2.05) is 49.4 Å². The molecule has 6 heteroatoms.